The summed E-state index contributed by atoms with van der Waals surface area (Å²) in [6, 6.07) is 5.55. The summed E-state index contributed by atoms with van der Waals surface area (Å²) < 4.78 is 12.8. The van der Waals surface area contributed by atoms with Crippen LogP contribution in [0.25, 0.3) is 0 Å². The second-order valence-electron chi connectivity index (χ2n) is 6.06. The van der Waals surface area contributed by atoms with Crippen LogP contribution in [-0.4, -0.2) is 22.5 Å². The van der Waals surface area contributed by atoms with Gasteiger partial charge in [0.05, 0.1) is 17.3 Å². The molecular formula is C16H19FN2O2S. The van der Waals surface area contributed by atoms with Crippen LogP contribution in [0, 0.1) is 5.82 Å². The van der Waals surface area contributed by atoms with Crippen LogP contribution < -0.4 is 5.32 Å². The van der Waals surface area contributed by atoms with Crippen molar-refractivity contribution >= 4 is 17.2 Å². The number of nitrogens with zero attached hydrogens (tertiary/aromatic N) is 1. The highest BCUT2D eigenvalue weighted by Crippen LogP contribution is 2.26. The Balaban J connectivity index is 1.95. The Morgan fingerprint density at radius 2 is 2.00 bits per heavy atom. The predicted molar refractivity (Wildman–Crippen MR) is 84.5 cm³/mol. The number of aromatic nitrogens is 1. The zero-order valence-electron chi connectivity index (χ0n) is 12.8. The normalized spacial score (nSPS) is 13.0. The van der Waals surface area contributed by atoms with Crippen LogP contribution >= 0.6 is 11.3 Å². The number of carbonyl (C=O) groups excluding carboxylic acids is 1. The molecule has 1 unspecified atom stereocenters. The first-order valence-electron chi connectivity index (χ1n) is 6.95. The van der Waals surface area contributed by atoms with Crippen LogP contribution in [0.2, 0.25) is 0 Å². The molecule has 4 nitrogen and oxygen atoms in total. The Bertz CT molecular complexity index is 647. The largest absolute Gasteiger partial charge is 0.387 e. The van der Waals surface area contributed by atoms with Crippen molar-refractivity contribution in [2.75, 3.05) is 6.54 Å². The molecule has 0 fully saturated rings. The molecule has 1 aromatic heterocycles. The summed E-state index contributed by atoms with van der Waals surface area (Å²) in [5.74, 6) is -0.631. The Morgan fingerprint density at radius 3 is 2.55 bits per heavy atom. The van der Waals surface area contributed by atoms with E-state index in [4.69, 9.17) is 0 Å². The molecule has 118 valence electrons. The fourth-order valence-electron chi connectivity index (χ4n) is 1.81. The first-order chi connectivity index (χ1) is 10.3. The minimum atomic E-state index is -0.875. The van der Waals surface area contributed by atoms with Gasteiger partial charge >= 0.3 is 0 Å². The molecule has 0 aliphatic rings. The lowest BCUT2D eigenvalue weighted by molar-refractivity contribution is 0.0920. The zero-order valence-corrected chi connectivity index (χ0v) is 13.6. The van der Waals surface area contributed by atoms with E-state index < -0.39 is 6.10 Å². The van der Waals surface area contributed by atoms with Crippen molar-refractivity contribution in [3.05, 3.63) is 51.7 Å². The van der Waals surface area contributed by atoms with Crippen molar-refractivity contribution in [2.45, 2.75) is 32.3 Å². The molecule has 1 heterocycles. The average molecular weight is 322 g/mol. The van der Waals surface area contributed by atoms with Crippen molar-refractivity contribution < 1.29 is 14.3 Å². The van der Waals surface area contributed by atoms with E-state index >= 15 is 0 Å². The molecular weight excluding hydrogens is 303 g/mol. The Labute approximate surface area is 133 Å². The molecule has 2 aromatic rings. The van der Waals surface area contributed by atoms with Gasteiger partial charge in [-0.05, 0) is 17.7 Å². The SMILES string of the molecule is CC(C)(C)c1ncc(C(=O)NCC(O)c2ccc(F)cc2)s1. The number of hydrogen-bond acceptors (Lipinski definition) is 4. The molecule has 1 aromatic carbocycles. The molecule has 22 heavy (non-hydrogen) atoms. The highest BCUT2D eigenvalue weighted by molar-refractivity contribution is 7.13. The van der Waals surface area contributed by atoms with Crippen molar-refractivity contribution in [3.63, 3.8) is 0 Å². The number of carbonyl (C=O) groups is 1. The summed E-state index contributed by atoms with van der Waals surface area (Å²) in [5, 5.41) is 13.5. The lowest BCUT2D eigenvalue weighted by atomic mass is 9.98. The molecule has 0 saturated carbocycles. The third-order valence-corrected chi connectivity index (χ3v) is 4.50. The van der Waals surface area contributed by atoms with E-state index in [0.29, 0.717) is 10.4 Å². The fourth-order valence-corrected chi connectivity index (χ4v) is 2.70. The second kappa shape index (κ2) is 6.54. The van der Waals surface area contributed by atoms with Gasteiger partial charge in [0, 0.05) is 12.0 Å². The first-order valence-corrected chi connectivity index (χ1v) is 7.77. The number of aliphatic hydroxyl groups is 1. The highest BCUT2D eigenvalue weighted by atomic mass is 32.1. The van der Waals surface area contributed by atoms with E-state index in [1.165, 1.54) is 35.6 Å². The van der Waals surface area contributed by atoms with Crippen LogP contribution in [0.15, 0.2) is 30.5 Å². The van der Waals surface area contributed by atoms with Crippen molar-refractivity contribution in [1.82, 2.24) is 10.3 Å². The van der Waals surface area contributed by atoms with Gasteiger partial charge in [0.15, 0.2) is 0 Å². The topological polar surface area (TPSA) is 62.2 Å². The van der Waals surface area contributed by atoms with Crippen molar-refractivity contribution in [1.29, 1.82) is 0 Å². The molecule has 1 amide bonds. The summed E-state index contributed by atoms with van der Waals surface area (Å²) in [4.78, 5) is 16.8. The second-order valence-corrected chi connectivity index (χ2v) is 7.09. The van der Waals surface area contributed by atoms with Crippen molar-refractivity contribution in [3.8, 4) is 0 Å². The quantitative estimate of drug-likeness (QED) is 0.909. The number of thiazole rings is 1. The van der Waals surface area contributed by atoms with Gasteiger partial charge in [0.1, 0.15) is 10.7 Å². The first kappa shape index (κ1) is 16.6. The molecule has 0 aliphatic carbocycles. The van der Waals surface area contributed by atoms with Crippen LogP contribution in [-0.2, 0) is 5.41 Å². The number of halogens is 1. The van der Waals surface area contributed by atoms with Gasteiger partial charge in [-0.25, -0.2) is 9.37 Å². The minimum absolute atomic E-state index is 0.0627. The minimum Gasteiger partial charge on any atom is -0.387 e. The van der Waals surface area contributed by atoms with Crippen LogP contribution in [0.1, 0.15) is 47.1 Å². The van der Waals surface area contributed by atoms with E-state index in [2.05, 4.69) is 10.3 Å². The zero-order chi connectivity index (χ0) is 16.3. The average Bonchev–Trinajstić information content (AvgIpc) is 2.95. The van der Waals surface area contributed by atoms with Gasteiger partial charge in [-0.2, -0.15) is 0 Å². The smallest absolute Gasteiger partial charge is 0.263 e. The summed E-state index contributed by atoms with van der Waals surface area (Å²) in [7, 11) is 0. The summed E-state index contributed by atoms with van der Waals surface area (Å²) in [6.45, 7) is 6.16. The summed E-state index contributed by atoms with van der Waals surface area (Å²) >= 11 is 1.34. The molecule has 0 spiro atoms. The summed E-state index contributed by atoms with van der Waals surface area (Å²) in [5.41, 5.74) is 0.456. The van der Waals surface area contributed by atoms with Gasteiger partial charge in [-0.1, -0.05) is 32.9 Å². The van der Waals surface area contributed by atoms with Gasteiger partial charge in [0.2, 0.25) is 0 Å². The third kappa shape index (κ3) is 4.11. The number of hydrogen-bond donors (Lipinski definition) is 2. The molecule has 1 atom stereocenters. The standard InChI is InChI=1S/C16H19FN2O2S/c1-16(2,3)15-19-9-13(22-15)14(21)18-8-12(20)10-4-6-11(17)7-5-10/h4-7,9,12,20H,8H2,1-3H3,(H,18,21). The molecule has 2 rings (SSSR count). The van der Waals surface area contributed by atoms with E-state index in [0.717, 1.165) is 5.01 Å². The fraction of sp³-hybridized carbons (Fsp3) is 0.375. The monoisotopic (exact) mass is 322 g/mol. The molecule has 6 heteroatoms. The number of aliphatic hydroxyl groups excluding tert-OH is 1. The lowest BCUT2D eigenvalue weighted by Crippen LogP contribution is -2.27. The van der Waals surface area contributed by atoms with E-state index in [9.17, 15) is 14.3 Å². The molecule has 0 radical (unpaired) electrons. The molecule has 2 N–H and O–H groups in total. The Hall–Kier alpha value is -1.79. The maximum atomic E-state index is 12.8. The van der Waals surface area contributed by atoms with Gasteiger partial charge < -0.3 is 10.4 Å². The van der Waals surface area contributed by atoms with E-state index in [-0.39, 0.29) is 23.7 Å². The predicted octanol–water partition coefficient (Wildman–Crippen LogP) is 3.04. The van der Waals surface area contributed by atoms with Gasteiger partial charge in [-0.3, -0.25) is 4.79 Å². The van der Waals surface area contributed by atoms with Crippen LogP contribution in [0.4, 0.5) is 4.39 Å². The lowest BCUT2D eigenvalue weighted by Gasteiger charge is -2.13. The molecule has 0 aliphatic heterocycles. The van der Waals surface area contributed by atoms with Crippen LogP contribution in [0.5, 0.6) is 0 Å². The number of amides is 1. The maximum Gasteiger partial charge on any atom is 0.263 e. The molecule has 0 bridgehead atoms. The van der Waals surface area contributed by atoms with Gasteiger partial charge in [-0.15, -0.1) is 11.3 Å². The Morgan fingerprint density at radius 1 is 1.36 bits per heavy atom. The van der Waals surface area contributed by atoms with E-state index in [1.54, 1.807) is 6.20 Å². The number of benzene rings is 1. The summed E-state index contributed by atoms with van der Waals surface area (Å²) in [6.07, 6.45) is 0.671. The van der Waals surface area contributed by atoms with Crippen molar-refractivity contribution in [2.24, 2.45) is 0 Å². The van der Waals surface area contributed by atoms with Crippen LogP contribution in [0.3, 0.4) is 0 Å². The highest BCUT2D eigenvalue weighted by Gasteiger charge is 2.20. The molecule has 0 saturated heterocycles. The van der Waals surface area contributed by atoms with Gasteiger partial charge in [0.25, 0.3) is 5.91 Å². The number of nitrogens with one attached hydrogen (secondary N) is 1. The maximum absolute atomic E-state index is 12.8. The van der Waals surface area contributed by atoms with E-state index in [1.807, 2.05) is 20.8 Å². The number of rotatable bonds is 4. The Kier molecular flexibility index (Phi) is 4.93. The third-order valence-electron chi connectivity index (χ3n) is 3.08.